The molecular formula is C18H21ClN4O3. The number of rotatable bonds is 3. The number of aryl methyl sites for hydroxylation is 2. The number of hydrogen-bond acceptors (Lipinski definition) is 5. The highest BCUT2D eigenvalue weighted by Gasteiger charge is 2.25. The summed E-state index contributed by atoms with van der Waals surface area (Å²) in [5.74, 6) is 1.35. The first-order valence-electron chi connectivity index (χ1n) is 8.62. The number of halogens is 1. The van der Waals surface area contributed by atoms with Crippen molar-refractivity contribution in [1.82, 2.24) is 19.6 Å². The van der Waals surface area contributed by atoms with E-state index in [0.717, 1.165) is 30.9 Å². The summed E-state index contributed by atoms with van der Waals surface area (Å²) in [6.07, 6.45) is 0. The zero-order valence-electron chi connectivity index (χ0n) is 14.9. The molecule has 1 aromatic carbocycles. The number of aromatic nitrogens is 2. The lowest BCUT2D eigenvalue weighted by Gasteiger charge is -2.34. The molecule has 0 radical (unpaired) electrons. The smallest absolute Gasteiger partial charge is 0.254 e. The number of ether oxygens (including phenoxy) is 2. The Morgan fingerprint density at radius 2 is 1.92 bits per heavy atom. The molecule has 2 aliphatic heterocycles. The first-order valence-corrected chi connectivity index (χ1v) is 9.00. The molecule has 26 heavy (non-hydrogen) atoms. The van der Waals surface area contributed by atoms with Crippen molar-refractivity contribution in [3.63, 3.8) is 0 Å². The van der Waals surface area contributed by atoms with Crippen LogP contribution in [-0.2, 0) is 13.6 Å². The summed E-state index contributed by atoms with van der Waals surface area (Å²) < 4.78 is 12.4. The molecule has 7 nitrogen and oxygen atoms in total. The van der Waals surface area contributed by atoms with Gasteiger partial charge in [0.05, 0.1) is 5.69 Å². The largest absolute Gasteiger partial charge is 0.454 e. The van der Waals surface area contributed by atoms with Gasteiger partial charge in [-0.2, -0.15) is 5.10 Å². The minimum Gasteiger partial charge on any atom is -0.454 e. The van der Waals surface area contributed by atoms with Gasteiger partial charge in [0.1, 0.15) is 5.15 Å². The zero-order chi connectivity index (χ0) is 18.3. The molecule has 1 amide bonds. The number of piperazine rings is 1. The van der Waals surface area contributed by atoms with Gasteiger partial charge >= 0.3 is 0 Å². The van der Waals surface area contributed by atoms with Crippen LogP contribution in [0.3, 0.4) is 0 Å². The molecule has 8 heteroatoms. The number of hydrogen-bond donors (Lipinski definition) is 0. The lowest BCUT2D eigenvalue weighted by Crippen LogP contribution is -2.48. The molecule has 0 spiro atoms. The van der Waals surface area contributed by atoms with Crippen LogP contribution < -0.4 is 9.47 Å². The van der Waals surface area contributed by atoms with Crippen LogP contribution in [0.25, 0.3) is 0 Å². The Morgan fingerprint density at radius 1 is 1.19 bits per heavy atom. The van der Waals surface area contributed by atoms with Gasteiger partial charge in [0, 0.05) is 50.9 Å². The maximum atomic E-state index is 12.8. The maximum Gasteiger partial charge on any atom is 0.254 e. The van der Waals surface area contributed by atoms with Crippen molar-refractivity contribution < 1.29 is 14.3 Å². The van der Waals surface area contributed by atoms with Crippen molar-refractivity contribution in [2.24, 2.45) is 7.05 Å². The summed E-state index contributed by atoms with van der Waals surface area (Å²) >= 11 is 6.33. The Labute approximate surface area is 157 Å². The fraction of sp³-hybridized carbons (Fsp3) is 0.444. The minimum absolute atomic E-state index is 0.0264. The molecule has 0 aliphatic carbocycles. The molecular weight excluding hydrogens is 356 g/mol. The molecule has 0 saturated carbocycles. The van der Waals surface area contributed by atoms with E-state index >= 15 is 0 Å². The van der Waals surface area contributed by atoms with Crippen molar-refractivity contribution in [3.05, 3.63) is 40.2 Å². The SMILES string of the molecule is Cc1nn(C)c(Cl)c1CN1CCN(C(=O)c2ccc3c(c2)OCO3)CC1. The van der Waals surface area contributed by atoms with Crippen molar-refractivity contribution in [2.45, 2.75) is 13.5 Å². The van der Waals surface area contributed by atoms with Gasteiger partial charge in [-0.25, -0.2) is 0 Å². The standard InChI is InChI=1S/C18H21ClN4O3/c1-12-14(17(19)21(2)20-12)10-22-5-7-23(8-6-22)18(24)13-3-4-15-16(9-13)26-11-25-15/h3-4,9H,5-8,10-11H2,1-2H3. The van der Waals surface area contributed by atoms with E-state index in [1.807, 2.05) is 18.9 Å². The first-order chi connectivity index (χ1) is 12.5. The number of fused-ring (bicyclic) bond motifs is 1. The number of nitrogens with zero attached hydrogens (tertiary/aromatic N) is 4. The molecule has 138 valence electrons. The highest BCUT2D eigenvalue weighted by atomic mass is 35.5. The highest BCUT2D eigenvalue weighted by molar-refractivity contribution is 6.30. The molecule has 4 rings (SSSR count). The molecule has 1 saturated heterocycles. The monoisotopic (exact) mass is 376 g/mol. The number of carbonyl (C=O) groups excluding carboxylic acids is 1. The van der Waals surface area contributed by atoms with Crippen LogP contribution >= 0.6 is 11.6 Å². The Morgan fingerprint density at radius 3 is 2.62 bits per heavy atom. The Kier molecular flexibility index (Phi) is 4.50. The van der Waals surface area contributed by atoms with E-state index in [1.165, 1.54) is 0 Å². The Hall–Kier alpha value is -2.25. The van der Waals surface area contributed by atoms with E-state index in [4.69, 9.17) is 21.1 Å². The number of amides is 1. The second-order valence-electron chi connectivity index (χ2n) is 6.61. The van der Waals surface area contributed by atoms with Crippen molar-refractivity contribution in [3.8, 4) is 11.5 Å². The number of carbonyl (C=O) groups is 1. The van der Waals surface area contributed by atoms with Crippen molar-refractivity contribution >= 4 is 17.5 Å². The average Bonchev–Trinajstić information content (AvgIpc) is 3.21. The summed E-state index contributed by atoms with van der Waals surface area (Å²) in [6, 6.07) is 5.34. The topological polar surface area (TPSA) is 59.8 Å². The van der Waals surface area contributed by atoms with E-state index in [9.17, 15) is 4.79 Å². The average molecular weight is 377 g/mol. The van der Waals surface area contributed by atoms with Crippen LogP contribution in [0.5, 0.6) is 11.5 Å². The fourth-order valence-corrected chi connectivity index (χ4v) is 3.63. The second kappa shape index (κ2) is 6.81. The van der Waals surface area contributed by atoms with Crippen LogP contribution in [0, 0.1) is 6.92 Å². The quantitative estimate of drug-likeness (QED) is 0.820. The minimum atomic E-state index is 0.0264. The Balaban J connectivity index is 1.38. The lowest BCUT2D eigenvalue weighted by molar-refractivity contribution is 0.0628. The van der Waals surface area contributed by atoms with Gasteiger partial charge in [0.2, 0.25) is 6.79 Å². The summed E-state index contributed by atoms with van der Waals surface area (Å²) in [4.78, 5) is 16.9. The second-order valence-corrected chi connectivity index (χ2v) is 6.97. The van der Waals surface area contributed by atoms with Crippen LogP contribution in [0.1, 0.15) is 21.6 Å². The van der Waals surface area contributed by atoms with Gasteiger partial charge in [0.15, 0.2) is 11.5 Å². The van der Waals surface area contributed by atoms with E-state index in [-0.39, 0.29) is 12.7 Å². The van der Waals surface area contributed by atoms with Crippen molar-refractivity contribution in [1.29, 1.82) is 0 Å². The van der Waals surface area contributed by atoms with Gasteiger partial charge in [-0.15, -0.1) is 0 Å². The van der Waals surface area contributed by atoms with Gasteiger partial charge in [-0.3, -0.25) is 14.4 Å². The molecule has 3 heterocycles. The Bertz CT molecular complexity index is 843. The third kappa shape index (κ3) is 3.12. The van der Waals surface area contributed by atoms with Gasteiger partial charge in [0.25, 0.3) is 5.91 Å². The first kappa shape index (κ1) is 17.2. The number of benzene rings is 1. The third-order valence-electron chi connectivity index (χ3n) is 4.93. The van der Waals surface area contributed by atoms with Crippen molar-refractivity contribution in [2.75, 3.05) is 33.0 Å². The van der Waals surface area contributed by atoms with Gasteiger partial charge in [-0.1, -0.05) is 11.6 Å². The summed E-state index contributed by atoms with van der Waals surface area (Å²) in [6.45, 7) is 5.92. The van der Waals surface area contributed by atoms with Crippen LogP contribution in [-0.4, -0.2) is 58.5 Å². The van der Waals surface area contributed by atoms with Gasteiger partial charge < -0.3 is 14.4 Å². The highest BCUT2D eigenvalue weighted by Crippen LogP contribution is 2.33. The van der Waals surface area contributed by atoms with Gasteiger partial charge in [-0.05, 0) is 25.1 Å². The summed E-state index contributed by atoms with van der Waals surface area (Å²) in [5, 5.41) is 5.04. The van der Waals surface area contributed by atoms with E-state index in [0.29, 0.717) is 35.3 Å². The molecule has 0 N–H and O–H groups in total. The lowest BCUT2D eigenvalue weighted by atomic mass is 10.1. The molecule has 2 aliphatic rings. The summed E-state index contributed by atoms with van der Waals surface area (Å²) in [5.41, 5.74) is 2.65. The van der Waals surface area contributed by atoms with E-state index < -0.39 is 0 Å². The molecule has 0 unspecified atom stereocenters. The fourth-order valence-electron chi connectivity index (χ4n) is 3.40. The van der Waals surface area contributed by atoms with E-state index in [2.05, 4.69) is 10.00 Å². The van der Waals surface area contributed by atoms with Crippen LogP contribution in [0.2, 0.25) is 5.15 Å². The molecule has 1 aromatic heterocycles. The molecule has 2 aromatic rings. The molecule has 0 bridgehead atoms. The molecule has 0 atom stereocenters. The maximum absolute atomic E-state index is 12.8. The van der Waals surface area contributed by atoms with E-state index in [1.54, 1.807) is 22.9 Å². The summed E-state index contributed by atoms with van der Waals surface area (Å²) in [7, 11) is 1.85. The van der Waals surface area contributed by atoms with Crippen LogP contribution in [0.15, 0.2) is 18.2 Å². The predicted molar refractivity (Wildman–Crippen MR) is 96.7 cm³/mol. The normalized spacial score (nSPS) is 17.0. The molecule has 1 fully saturated rings. The van der Waals surface area contributed by atoms with Crippen LogP contribution in [0.4, 0.5) is 0 Å². The zero-order valence-corrected chi connectivity index (χ0v) is 15.6. The third-order valence-corrected chi connectivity index (χ3v) is 5.40. The predicted octanol–water partition coefficient (Wildman–Crippen LogP) is 2.07.